The van der Waals surface area contributed by atoms with Crippen molar-refractivity contribution in [2.24, 2.45) is 5.92 Å². The Bertz CT molecular complexity index is 704. The minimum atomic E-state index is -0.0110. The maximum atomic E-state index is 12.4. The molecule has 2 heterocycles. The van der Waals surface area contributed by atoms with Gasteiger partial charge >= 0.3 is 6.03 Å². The molecule has 2 unspecified atom stereocenters. The molecule has 23 heavy (non-hydrogen) atoms. The molecule has 2 aliphatic rings. The summed E-state index contributed by atoms with van der Waals surface area (Å²) in [6.07, 6.45) is 5.33. The van der Waals surface area contributed by atoms with Crippen LogP contribution in [0.1, 0.15) is 19.3 Å². The van der Waals surface area contributed by atoms with E-state index >= 15 is 0 Å². The number of nitrogens with zero attached hydrogens (tertiary/aromatic N) is 2. The average molecular weight is 309 g/mol. The molecule has 2 aromatic rings. The Balaban J connectivity index is 1.41. The van der Waals surface area contributed by atoms with Gasteiger partial charge in [0, 0.05) is 36.6 Å². The fourth-order valence-electron chi connectivity index (χ4n) is 3.48. The van der Waals surface area contributed by atoms with E-state index in [0.717, 1.165) is 24.6 Å². The molecule has 5 heteroatoms. The van der Waals surface area contributed by atoms with Crippen LogP contribution in [0.2, 0.25) is 0 Å². The number of hydrogen-bond donors (Lipinski definition) is 1. The van der Waals surface area contributed by atoms with Gasteiger partial charge in [-0.1, -0.05) is 18.6 Å². The first-order valence-corrected chi connectivity index (χ1v) is 8.06. The molecule has 1 N–H and O–H groups in total. The molecule has 2 amide bonds. The highest BCUT2D eigenvalue weighted by Gasteiger charge is 2.44. The van der Waals surface area contributed by atoms with Crippen molar-refractivity contribution in [3.8, 4) is 11.6 Å². The number of nitrogens with one attached hydrogen (secondary N) is 1. The molecule has 2 atom stereocenters. The third kappa shape index (κ3) is 2.86. The molecule has 5 nitrogen and oxygen atoms in total. The fraction of sp³-hybridized carbons (Fsp3) is 0.333. The number of pyridine rings is 1. The van der Waals surface area contributed by atoms with Crippen LogP contribution in [0.25, 0.3) is 0 Å². The van der Waals surface area contributed by atoms with Gasteiger partial charge in [0.25, 0.3) is 0 Å². The van der Waals surface area contributed by atoms with Crippen LogP contribution in [0.15, 0.2) is 48.7 Å². The monoisotopic (exact) mass is 309 g/mol. The highest BCUT2D eigenvalue weighted by atomic mass is 16.5. The second-order valence-corrected chi connectivity index (χ2v) is 6.14. The highest BCUT2D eigenvalue weighted by molar-refractivity contribution is 5.90. The number of carbonyl (C=O) groups excluding carboxylic acids is 1. The van der Waals surface area contributed by atoms with Crippen LogP contribution in [0.5, 0.6) is 11.6 Å². The molecule has 0 radical (unpaired) electrons. The van der Waals surface area contributed by atoms with Crippen molar-refractivity contribution in [2.75, 3.05) is 11.9 Å². The van der Waals surface area contributed by atoms with Gasteiger partial charge in [0.05, 0.1) is 0 Å². The third-order valence-corrected chi connectivity index (χ3v) is 4.66. The van der Waals surface area contributed by atoms with Gasteiger partial charge in [-0.05, 0) is 37.0 Å². The minimum Gasteiger partial charge on any atom is -0.439 e. The summed E-state index contributed by atoms with van der Waals surface area (Å²) in [5, 5.41) is 2.97. The summed E-state index contributed by atoms with van der Waals surface area (Å²) in [6, 6.07) is 13.3. The zero-order chi connectivity index (χ0) is 15.6. The van der Waals surface area contributed by atoms with Gasteiger partial charge in [-0.15, -0.1) is 0 Å². The predicted octanol–water partition coefficient (Wildman–Crippen LogP) is 3.89. The molecule has 4 rings (SSSR count). The molecule has 1 saturated carbocycles. The Kier molecular flexibility index (Phi) is 3.61. The number of carbonyl (C=O) groups is 1. The number of hydrogen-bond acceptors (Lipinski definition) is 3. The summed E-state index contributed by atoms with van der Waals surface area (Å²) >= 11 is 0. The molecular formula is C18H19N3O2. The summed E-state index contributed by atoms with van der Waals surface area (Å²) in [5.74, 6) is 1.91. The molecule has 118 valence electrons. The number of aromatic nitrogens is 1. The summed E-state index contributed by atoms with van der Waals surface area (Å²) in [5.41, 5.74) is 0.741. The van der Waals surface area contributed by atoms with E-state index in [1.54, 1.807) is 12.3 Å². The van der Waals surface area contributed by atoms with Gasteiger partial charge in [0.1, 0.15) is 5.75 Å². The van der Waals surface area contributed by atoms with E-state index in [4.69, 9.17) is 4.74 Å². The Morgan fingerprint density at radius 1 is 1.22 bits per heavy atom. The van der Waals surface area contributed by atoms with Gasteiger partial charge in [0.2, 0.25) is 5.88 Å². The van der Waals surface area contributed by atoms with Crippen molar-refractivity contribution in [3.05, 3.63) is 48.7 Å². The van der Waals surface area contributed by atoms with Crippen LogP contribution in [0, 0.1) is 5.92 Å². The van der Waals surface area contributed by atoms with E-state index in [-0.39, 0.29) is 6.03 Å². The third-order valence-electron chi connectivity index (χ3n) is 4.66. The highest BCUT2D eigenvalue weighted by Crippen LogP contribution is 2.39. The average Bonchev–Trinajstić information content (AvgIpc) is 2.89. The summed E-state index contributed by atoms with van der Waals surface area (Å²) in [6.45, 7) is 0.890. The van der Waals surface area contributed by atoms with E-state index < -0.39 is 0 Å². The van der Waals surface area contributed by atoms with E-state index in [9.17, 15) is 4.79 Å². The summed E-state index contributed by atoms with van der Waals surface area (Å²) in [4.78, 5) is 18.5. The van der Waals surface area contributed by atoms with Crippen molar-refractivity contribution < 1.29 is 9.53 Å². The SMILES string of the molecule is O=C(Nc1cccc(Oc2ccccn2)c1)N1CC2CCCC21. The Morgan fingerprint density at radius 2 is 2.17 bits per heavy atom. The maximum Gasteiger partial charge on any atom is 0.322 e. The van der Waals surface area contributed by atoms with E-state index in [1.165, 1.54) is 12.8 Å². The Hall–Kier alpha value is -2.56. The van der Waals surface area contributed by atoms with E-state index in [2.05, 4.69) is 10.3 Å². The number of rotatable bonds is 3. The predicted molar refractivity (Wildman–Crippen MR) is 87.6 cm³/mol. The zero-order valence-corrected chi connectivity index (χ0v) is 12.8. The largest absolute Gasteiger partial charge is 0.439 e. The van der Waals surface area contributed by atoms with Crippen LogP contribution >= 0.6 is 0 Å². The number of ether oxygens (including phenoxy) is 1. The molecule has 1 aromatic heterocycles. The first-order chi connectivity index (χ1) is 11.3. The van der Waals surface area contributed by atoms with Crippen molar-refractivity contribution in [3.63, 3.8) is 0 Å². The van der Waals surface area contributed by atoms with Crippen molar-refractivity contribution in [1.29, 1.82) is 0 Å². The first kappa shape index (κ1) is 14.1. The lowest BCUT2D eigenvalue weighted by atomic mass is 9.92. The lowest BCUT2D eigenvalue weighted by molar-refractivity contribution is 0.0797. The van der Waals surface area contributed by atoms with Crippen molar-refractivity contribution in [1.82, 2.24) is 9.88 Å². The van der Waals surface area contributed by atoms with E-state index in [0.29, 0.717) is 17.7 Å². The second-order valence-electron chi connectivity index (χ2n) is 6.14. The number of benzene rings is 1. The maximum absolute atomic E-state index is 12.4. The van der Waals surface area contributed by atoms with Crippen molar-refractivity contribution in [2.45, 2.75) is 25.3 Å². The van der Waals surface area contributed by atoms with Gasteiger partial charge in [0.15, 0.2) is 0 Å². The number of fused-ring (bicyclic) bond motifs is 1. The van der Waals surface area contributed by atoms with Crippen LogP contribution in [0.3, 0.4) is 0 Å². The lowest BCUT2D eigenvalue weighted by Crippen LogP contribution is -2.57. The normalized spacial score (nSPS) is 22.2. The molecule has 0 bridgehead atoms. The topological polar surface area (TPSA) is 54.5 Å². The number of amides is 2. The quantitative estimate of drug-likeness (QED) is 0.936. The number of likely N-dealkylation sites (tertiary alicyclic amines) is 1. The van der Waals surface area contributed by atoms with Gasteiger partial charge in [-0.25, -0.2) is 9.78 Å². The minimum absolute atomic E-state index is 0.0110. The number of anilines is 1. The number of urea groups is 1. The lowest BCUT2D eigenvalue weighted by Gasteiger charge is -2.44. The zero-order valence-electron chi connectivity index (χ0n) is 12.8. The van der Waals surface area contributed by atoms with Crippen LogP contribution in [-0.2, 0) is 0 Å². The Morgan fingerprint density at radius 3 is 3.00 bits per heavy atom. The molecule has 0 spiro atoms. The van der Waals surface area contributed by atoms with Crippen LogP contribution < -0.4 is 10.1 Å². The van der Waals surface area contributed by atoms with E-state index in [1.807, 2.05) is 41.3 Å². The fourth-order valence-corrected chi connectivity index (χ4v) is 3.48. The summed E-state index contributed by atoms with van der Waals surface area (Å²) in [7, 11) is 0. The Labute approximate surface area is 135 Å². The molecular weight excluding hydrogens is 290 g/mol. The molecule has 2 fully saturated rings. The van der Waals surface area contributed by atoms with Crippen LogP contribution in [0.4, 0.5) is 10.5 Å². The smallest absolute Gasteiger partial charge is 0.322 e. The van der Waals surface area contributed by atoms with Gasteiger partial charge in [-0.2, -0.15) is 0 Å². The van der Waals surface area contributed by atoms with Gasteiger partial charge in [-0.3, -0.25) is 0 Å². The van der Waals surface area contributed by atoms with Crippen molar-refractivity contribution >= 4 is 11.7 Å². The molecule has 1 aliphatic heterocycles. The summed E-state index contributed by atoms with van der Waals surface area (Å²) < 4.78 is 5.69. The molecule has 1 saturated heterocycles. The standard InChI is InChI=1S/C18H19N3O2/c22-18(21-12-13-5-3-8-16(13)21)20-14-6-4-7-15(11-14)23-17-9-1-2-10-19-17/h1-2,4,6-7,9-11,13,16H,3,5,8,12H2,(H,20,22). The molecule has 1 aliphatic carbocycles. The second kappa shape index (κ2) is 5.91. The first-order valence-electron chi connectivity index (χ1n) is 8.06. The van der Waals surface area contributed by atoms with Crippen LogP contribution in [-0.4, -0.2) is 28.5 Å². The van der Waals surface area contributed by atoms with Gasteiger partial charge < -0.3 is 15.0 Å². The molecule has 1 aromatic carbocycles.